The number of aromatic hydroxyl groups is 1. The maximum absolute atomic E-state index is 9.89. The Morgan fingerprint density at radius 2 is 1.38 bits per heavy atom. The number of aryl methyl sites for hydroxylation is 2. The Balaban J connectivity index is 1.69. The van der Waals surface area contributed by atoms with Crippen LogP contribution in [0.1, 0.15) is 22.6 Å². The molecule has 1 N–H and O–H groups in total. The van der Waals surface area contributed by atoms with Crippen LogP contribution in [0.2, 0.25) is 0 Å². The Morgan fingerprint density at radius 3 is 2.12 bits per heavy atom. The summed E-state index contributed by atoms with van der Waals surface area (Å²) >= 11 is 0. The molecule has 0 radical (unpaired) electrons. The summed E-state index contributed by atoms with van der Waals surface area (Å²) in [5, 5.41) is 10.8. The van der Waals surface area contributed by atoms with Gasteiger partial charge in [-0.1, -0.05) is 60.7 Å². The molecule has 3 aromatic carbocycles. The van der Waals surface area contributed by atoms with Gasteiger partial charge in [-0.15, -0.1) is 0 Å². The lowest BCUT2D eigenvalue weighted by atomic mass is 10.0. The number of phenolic OH excluding ortho intramolecular Hbond substituents is 1. The van der Waals surface area contributed by atoms with Crippen LogP contribution in [0.3, 0.4) is 0 Å². The fourth-order valence-corrected chi connectivity index (χ4v) is 3.17. The van der Waals surface area contributed by atoms with Crippen LogP contribution in [-0.2, 0) is 19.3 Å². The van der Waals surface area contributed by atoms with Gasteiger partial charge in [0, 0.05) is 18.2 Å². The monoisotopic (exact) mass is 340 g/mol. The van der Waals surface area contributed by atoms with Gasteiger partial charge in [0.25, 0.3) is 0 Å². The smallest absolute Gasteiger partial charge is 0.129 e. The molecule has 3 heteroatoms. The van der Waals surface area contributed by atoms with Gasteiger partial charge in [0.15, 0.2) is 0 Å². The maximum Gasteiger partial charge on any atom is 0.129 e. The molecule has 0 aliphatic carbocycles. The third-order valence-corrected chi connectivity index (χ3v) is 4.50. The number of hydrogen-bond donors (Lipinski definition) is 1. The van der Waals surface area contributed by atoms with E-state index in [2.05, 4.69) is 36.4 Å². The van der Waals surface area contributed by atoms with Crippen molar-refractivity contribution in [3.8, 4) is 5.75 Å². The Kier molecular flexibility index (Phi) is 4.61. The summed E-state index contributed by atoms with van der Waals surface area (Å²) in [6.45, 7) is 0. The van der Waals surface area contributed by atoms with Crippen molar-refractivity contribution in [1.29, 1.82) is 0 Å². The van der Waals surface area contributed by atoms with E-state index in [0.717, 1.165) is 41.7 Å². The second-order valence-electron chi connectivity index (χ2n) is 6.44. The number of hydrogen-bond acceptors (Lipinski definition) is 3. The number of rotatable bonds is 5. The first kappa shape index (κ1) is 16.3. The predicted octanol–water partition coefficient (Wildman–Crippen LogP) is 4.71. The van der Waals surface area contributed by atoms with Gasteiger partial charge < -0.3 is 5.11 Å². The minimum Gasteiger partial charge on any atom is -0.508 e. The van der Waals surface area contributed by atoms with Crippen molar-refractivity contribution in [3.05, 3.63) is 102 Å². The summed E-state index contributed by atoms with van der Waals surface area (Å²) in [5.74, 6) is 1.09. The van der Waals surface area contributed by atoms with Crippen LogP contribution in [0.4, 0.5) is 0 Å². The first-order valence-corrected chi connectivity index (χ1v) is 8.84. The molecule has 26 heavy (non-hydrogen) atoms. The molecule has 1 heterocycles. The Labute approximate surface area is 153 Å². The van der Waals surface area contributed by atoms with Crippen LogP contribution < -0.4 is 0 Å². The van der Waals surface area contributed by atoms with Crippen LogP contribution in [0.25, 0.3) is 10.9 Å². The lowest BCUT2D eigenvalue weighted by Crippen LogP contribution is -2.04. The molecule has 1 aromatic heterocycles. The first-order chi connectivity index (χ1) is 12.8. The lowest BCUT2D eigenvalue weighted by molar-refractivity contribution is 0.476. The van der Waals surface area contributed by atoms with E-state index >= 15 is 0 Å². The minimum atomic E-state index is 0.243. The average Bonchev–Trinajstić information content (AvgIpc) is 2.68. The van der Waals surface area contributed by atoms with E-state index in [1.165, 1.54) is 11.1 Å². The Bertz CT molecular complexity index is 1010. The molecule has 4 aromatic rings. The summed E-state index contributed by atoms with van der Waals surface area (Å²) in [7, 11) is 0. The summed E-state index contributed by atoms with van der Waals surface area (Å²) in [6.07, 6.45) is 2.43. The number of fused-ring (bicyclic) bond motifs is 1. The van der Waals surface area contributed by atoms with E-state index in [1.807, 2.05) is 30.3 Å². The highest BCUT2D eigenvalue weighted by Gasteiger charge is 2.10. The van der Waals surface area contributed by atoms with Gasteiger partial charge in [0.1, 0.15) is 11.6 Å². The zero-order chi connectivity index (χ0) is 17.8. The first-order valence-electron chi connectivity index (χ1n) is 8.84. The van der Waals surface area contributed by atoms with Crippen LogP contribution in [0.15, 0.2) is 78.9 Å². The Hall–Kier alpha value is -3.20. The lowest BCUT2D eigenvalue weighted by Gasteiger charge is -2.10. The SMILES string of the molecule is Oc1ccc2nc(CCc3ccccc3)nc(Cc3ccccc3)c2c1. The fraction of sp³-hybridized carbons (Fsp3) is 0.130. The molecule has 0 saturated heterocycles. The fourth-order valence-electron chi connectivity index (χ4n) is 3.17. The summed E-state index contributed by atoms with van der Waals surface area (Å²) in [4.78, 5) is 9.54. The molecular weight excluding hydrogens is 320 g/mol. The third-order valence-electron chi connectivity index (χ3n) is 4.50. The largest absolute Gasteiger partial charge is 0.508 e. The molecule has 0 aliphatic heterocycles. The number of phenols is 1. The minimum absolute atomic E-state index is 0.243. The normalized spacial score (nSPS) is 10.9. The van der Waals surface area contributed by atoms with Crippen molar-refractivity contribution in [1.82, 2.24) is 9.97 Å². The highest BCUT2D eigenvalue weighted by Crippen LogP contribution is 2.23. The van der Waals surface area contributed by atoms with Gasteiger partial charge in [-0.25, -0.2) is 9.97 Å². The van der Waals surface area contributed by atoms with Crippen molar-refractivity contribution in [2.75, 3.05) is 0 Å². The number of benzene rings is 3. The highest BCUT2D eigenvalue weighted by molar-refractivity contribution is 5.82. The standard InChI is InChI=1S/C23H20N2O/c26-19-12-13-21-20(16-19)22(15-18-9-5-2-6-10-18)25-23(24-21)14-11-17-7-3-1-4-8-17/h1-10,12-13,16,26H,11,14-15H2. The van der Waals surface area contributed by atoms with Crippen molar-refractivity contribution in [2.24, 2.45) is 0 Å². The van der Waals surface area contributed by atoms with Crippen molar-refractivity contribution < 1.29 is 5.11 Å². The molecule has 0 saturated carbocycles. The predicted molar refractivity (Wildman–Crippen MR) is 104 cm³/mol. The van der Waals surface area contributed by atoms with E-state index < -0.39 is 0 Å². The van der Waals surface area contributed by atoms with Crippen LogP contribution in [0, 0.1) is 0 Å². The Morgan fingerprint density at radius 1 is 0.692 bits per heavy atom. The molecule has 3 nitrogen and oxygen atoms in total. The van der Waals surface area contributed by atoms with E-state index in [-0.39, 0.29) is 5.75 Å². The molecule has 4 rings (SSSR count). The quantitative estimate of drug-likeness (QED) is 0.572. The number of nitrogens with zero attached hydrogens (tertiary/aromatic N) is 2. The van der Waals surface area contributed by atoms with Gasteiger partial charge in [-0.3, -0.25) is 0 Å². The van der Waals surface area contributed by atoms with E-state index in [9.17, 15) is 5.11 Å². The van der Waals surface area contributed by atoms with Gasteiger partial charge in [-0.2, -0.15) is 0 Å². The molecular formula is C23H20N2O. The van der Waals surface area contributed by atoms with Crippen LogP contribution in [0.5, 0.6) is 5.75 Å². The summed E-state index contributed by atoms with van der Waals surface area (Å²) in [5.41, 5.74) is 4.32. The average molecular weight is 340 g/mol. The molecule has 128 valence electrons. The van der Waals surface area contributed by atoms with E-state index in [0.29, 0.717) is 0 Å². The zero-order valence-corrected chi connectivity index (χ0v) is 14.5. The zero-order valence-electron chi connectivity index (χ0n) is 14.5. The number of aromatic nitrogens is 2. The highest BCUT2D eigenvalue weighted by atomic mass is 16.3. The maximum atomic E-state index is 9.89. The molecule has 0 aliphatic rings. The molecule has 0 amide bonds. The van der Waals surface area contributed by atoms with Crippen molar-refractivity contribution >= 4 is 10.9 Å². The summed E-state index contributed by atoms with van der Waals surface area (Å²) in [6, 6.07) is 26.0. The second-order valence-corrected chi connectivity index (χ2v) is 6.44. The van der Waals surface area contributed by atoms with Gasteiger partial charge in [0.2, 0.25) is 0 Å². The van der Waals surface area contributed by atoms with Gasteiger partial charge in [0.05, 0.1) is 11.2 Å². The van der Waals surface area contributed by atoms with Crippen molar-refractivity contribution in [2.45, 2.75) is 19.3 Å². The van der Waals surface area contributed by atoms with Crippen LogP contribution >= 0.6 is 0 Å². The van der Waals surface area contributed by atoms with Gasteiger partial charge >= 0.3 is 0 Å². The van der Waals surface area contributed by atoms with E-state index in [4.69, 9.17) is 9.97 Å². The third kappa shape index (κ3) is 3.72. The van der Waals surface area contributed by atoms with Gasteiger partial charge in [-0.05, 0) is 35.7 Å². The molecule has 0 fully saturated rings. The molecule has 0 spiro atoms. The topological polar surface area (TPSA) is 46.0 Å². The second kappa shape index (κ2) is 7.36. The molecule has 0 bridgehead atoms. The summed E-state index contributed by atoms with van der Waals surface area (Å²) < 4.78 is 0. The molecule has 0 atom stereocenters. The van der Waals surface area contributed by atoms with Crippen LogP contribution in [-0.4, -0.2) is 15.1 Å². The molecule has 0 unspecified atom stereocenters. The van der Waals surface area contributed by atoms with Crippen molar-refractivity contribution in [3.63, 3.8) is 0 Å². The van der Waals surface area contributed by atoms with E-state index in [1.54, 1.807) is 12.1 Å².